The maximum absolute atomic E-state index is 12.7. The molecule has 2 saturated carbocycles. The molecule has 2 amide bonds. The van der Waals surface area contributed by atoms with E-state index in [9.17, 15) is 19.2 Å². The fraction of sp³-hybridized carbons (Fsp3) is 0.174. The molecule has 0 bridgehead atoms. The summed E-state index contributed by atoms with van der Waals surface area (Å²) in [4.78, 5) is 71.5. The van der Waals surface area contributed by atoms with Crippen molar-refractivity contribution in [3.8, 4) is 22.5 Å². The summed E-state index contributed by atoms with van der Waals surface area (Å²) in [6.45, 7) is 3.85. The molecule has 20 heteroatoms. The van der Waals surface area contributed by atoms with Crippen LogP contribution in [0.1, 0.15) is 46.9 Å². The summed E-state index contributed by atoms with van der Waals surface area (Å²) in [7, 11) is 0. The number of pyridine rings is 4. The quantitative estimate of drug-likeness (QED) is 0.0846. The summed E-state index contributed by atoms with van der Waals surface area (Å²) in [5.74, 6) is 0.565. The number of nitrogens with one attached hydrogen (secondary N) is 6. The molecule has 8 heterocycles. The van der Waals surface area contributed by atoms with Gasteiger partial charge in [-0.1, -0.05) is 0 Å². The number of nitrogen functional groups attached to an aromatic ring is 2. The third-order valence-electron chi connectivity index (χ3n) is 12.2. The third kappa shape index (κ3) is 7.44. The first-order valence-corrected chi connectivity index (χ1v) is 20.9. The highest BCUT2D eigenvalue weighted by Crippen LogP contribution is 2.48. The van der Waals surface area contributed by atoms with Crippen molar-refractivity contribution >= 4 is 78.8 Å². The Balaban J connectivity index is 0.000000146. The van der Waals surface area contributed by atoms with Crippen LogP contribution in [-0.4, -0.2) is 62.1 Å². The highest BCUT2D eigenvalue weighted by atomic mass is 16.4. The average molecular weight is 883 g/mol. The van der Waals surface area contributed by atoms with Crippen LogP contribution in [0.2, 0.25) is 0 Å². The molecule has 2 aliphatic carbocycles. The number of carbonyl (C=O) groups excluding carboxylic acids is 2. The number of carbonyl (C=O) groups is 2. The predicted molar refractivity (Wildman–Crippen MR) is 245 cm³/mol. The Hall–Kier alpha value is -8.94. The fourth-order valence-corrected chi connectivity index (χ4v) is 8.59. The molecule has 66 heavy (non-hydrogen) atoms. The summed E-state index contributed by atoms with van der Waals surface area (Å²) in [6, 6.07) is 14.5. The standard InChI is InChI=1S/2C23H19N7O3/c2*1-10-2-18-19(33-23(32)29-18)6-13(10)17-3-11-4-20(25-9-16(11)21(24)28-17)30-22(31)15-5-14(15)12-7-26-27-8-12/h2*2-4,6-9,14-15H,5H2,1H3,(H2,24,28)(H,26,27)(H,29,32)(H,25,30,31)/t2*14-,15+/m10/s1. The second-order valence-electron chi connectivity index (χ2n) is 16.7. The van der Waals surface area contributed by atoms with Gasteiger partial charge in [0.2, 0.25) is 11.8 Å². The number of aromatic nitrogens is 10. The monoisotopic (exact) mass is 882 g/mol. The van der Waals surface area contributed by atoms with Crippen LogP contribution in [0.5, 0.6) is 0 Å². The molecule has 2 aliphatic rings. The molecular formula is C46H38N14O6. The van der Waals surface area contributed by atoms with E-state index in [1.54, 1.807) is 49.1 Å². The Bertz CT molecular complexity index is 3440. The molecule has 10 N–H and O–H groups in total. The van der Waals surface area contributed by atoms with Crippen molar-refractivity contribution in [1.82, 2.24) is 50.3 Å². The SMILES string of the molecule is Cc1cc2[nH]c(=O)oc2cc1-c1cc2cc(NC(=O)[C@@H]3C[C@H]3c3cn[nH]c3)ncc2c(N)n1.Cc1cc2[nH]c(=O)oc2cc1-c1cc2cc(NC(=O)[C@H]3C[C@@H]3c3cn[nH]c3)ncc2c(N)n1. The van der Waals surface area contributed by atoms with Gasteiger partial charge in [-0.15, -0.1) is 0 Å². The highest BCUT2D eigenvalue weighted by Gasteiger charge is 2.45. The number of hydrogen-bond donors (Lipinski definition) is 8. The van der Waals surface area contributed by atoms with Crippen molar-refractivity contribution in [2.75, 3.05) is 22.1 Å². The van der Waals surface area contributed by atoms with E-state index in [1.807, 2.05) is 50.5 Å². The molecule has 4 atom stereocenters. The van der Waals surface area contributed by atoms with Crippen molar-refractivity contribution in [2.24, 2.45) is 11.8 Å². The number of fused-ring (bicyclic) bond motifs is 4. The molecule has 0 radical (unpaired) electrons. The number of aromatic amines is 4. The number of hydrogen-bond acceptors (Lipinski definition) is 14. The minimum absolute atomic E-state index is 0.0703. The number of nitrogens with zero attached hydrogens (tertiary/aromatic N) is 6. The number of H-pyrrole nitrogens is 4. The molecule has 2 fully saturated rings. The summed E-state index contributed by atoms with van der Waals surface area (Å²) in [5, 5.41) is 22.2. The summed E-state index contributed by atoms with van der Waals surface area (Å²) < 4.78 is 10.4. The Morgan fingerprint density at radius 1 is 0.621 bits per heavy atom. The Morgan fingerprint density at radius 2 is 1.06 bits per heavy atom. The van der Waals surface area contributed by atoms with Gasteiger partial charge in [-0.05, 0) is 120 Å². The lowest BCUT2D eigenvalue weighted by Gasteiger charge is -2.10. The molecule has 2 aromatic carbocycles. The lowest BCUT2D eigenvalue weighted by Crippen LogP contribution is -2.15. The Labute approximate surface area is 370 Å². The number of nitrogens with two attached hydrogens (primary N) is 2. The first-order valence-electron chi connectivity index (χ1n) is 20.9. The average Bonchev–Trinajstić information content (AvgIpc) is 3.93. The Kier molecular flexibility index (Phi) is 9.30. The molecule has 12 rings (SSSR count). The normalized spacial score (nSPS) is 17.5. The zero-order valence-electron chi connectivity index (χ0n) is 35.1. The minimum atomic E-state index is -0.510. The largest absolute Gasteiger partial charge is 0.417 e. The first kappa shape index (κ1) is 39.9. The van der Waals surface area contributed by atoms with E-state index in [-0.39, 0.29) is 35.5 Å². The number of rotatable bonds is 8. The summed E-state index contributed by atoms with van der Waals surface area (Å²) in [5.41, 5.74) is 21.3. The highest BCUT2D eigenvalue weighted by molar-refractivity contribution is 6.01. The zero-order chi connectivity index (χ0) is 45.4. The van der Waals surface area contributed by atoms with E-state index in [0.29, 0.717) is 67.6 Å². The zero-order valence-corrected chi connectivity index (χ0v) is 35.1. The summed E-state index contributed by atoms with van der Waals surface area (Å²) >= 11 is 0. The number of anilines is 4. The third-order valence-corrected chi connectivity index (χ3v) is 12.2. The smallest absolute Gasteiger partial charge is 0.408 e. The van der Waals surface area contributed by atoms with E-state index in [2.05, 4.69) is 60.9 Å². The van der Waals surface area contributed by atoms with E-state index < -0.39 is 11.5 Å². The van der Waals surface area contributed by atoms with Gasteiger partial charge in [0.05, 0.1) is 34.8 Å². The van der Waals surface area contributed by atoms with Gasteiger partial charge in [0.1, 0.15) is 23.3 Å². The maximum atomic E-state index is 12.7. The van der Waals surface area contributed by atoms with Gasteiger partial charge < -0.3 is 30.9 Å². The van der Waals surface area contributed by atoms with Crippen LogP contribution in [0.3, 0.4) is 0 Å². The van der Waals surface area contributed by atoms with Crippen LogP contribution >= 0.6 is 0 Å². The second kappa shape index (κ2) is 15.4. The second-order valence-corrected chi connectivity index (χ2v) is 16.7. The number of aryl methyl sites for hydroxylation is 2. The number of amides is 2. The lowest BCUT2D eigenvalue weighted by molar-refractivity contribution is -0.118. The molecule has 0 unspecified atom stereocenters. The van der Waals surface area contributed by atoms with Crippen LogP contribution in [-0.2, 0) is 9.59 Å². The van der Waals surface area contributed by atoms with Crippen LogP contribution in [0.25, 0.3) is 66.3 Å². The predicted octanol–water partition coefficient (Wildman–Crippen LogP) is 6.17. The molecular weight excluding hydrogens is 845 g/mol. The van der Waals surface area contributed by atoms with E-state index >= 15 is 0 Å². The van der Waals surface area contributed by atoms with Gasteiger partial charge in [0, 0.05) is 58.5 Å². The van der Waals surface area contributed by atoms with Gasteiger partial charge >= 0.3 is 11.5 Å². The molecule has 8 aromatic heterocycles. The van der Waals surface area contributed by atoms with Crippen molar-refractivity contribution < 1.29 is 18.4 Å². The van der Waals surface area contributed by atoms with Gasteiger partial charge in [0.15, 0.2) is 11.2 Å². The maximum Gasteiger partial charge on any atom is 0.417 e. The van der Waals surface area contributed by atoms with Gasteiger partial charge in [-0.3, -0.25) is 29.8 Å². The Morgan fingerprint density at radius 3 is 1.47 bits per heavy atom. The van der Waals surface area contributed by atoms with Gasteiger partial charge in [-0.2, -0.15) is 10.2 Å². The van der Waals surface area contributed by atoms with Gasteiger partial charge in [-0.25, -0.2) is 29.5 Å². The summed E-state index contributed by atoms with van der Waals surface area (Å²) in [6.07, 6.45) is 11.9. The number of benzene rings is 2. The van der Waals surface area contributed by atoms with Crippen LogP contribution in [0.15, 0.2) is 104 Å². The molecule has 0 aliphatic heterocycles. The van der Waals surface area contributed by atoms with E-state index in [4.69, 9.17) is 20.3 Å². The van der Waals surface area contributed by atoms with Crippen LogP contribution < -0.4 is 33.6 Å². The van der Waals surface area contributed by atoms with Crippen molar-refractivity contribution in [2.45, 2.75) is 38.5 Å². The first-order chi connectivity index (χ1) is 31.9. The fourth-order valence-electron chi connectivity index (χ4n) is 8.59. The molecule has 0 spiro atoms. The molecule has 328 valence electrons. The molecule has 0 saturated heterocycles. The van der Waals surface area contributed by atoms with Crippen LogP contribution in [0.4, 0.5) is 23.3 Å². The molecule has 10 aromatic rings. The van der Waals surface area contributed by atoms with Gasteiger partial charge in [0.25, 0.3) is 0 Å². The lowest BCUT2D eigenvalue weighted by atomic mass is 10.0. The van der Waals surface area contributed by atoms with Crippen LogP contribution in [0, 0.1) is 25.7 Å². The van der Waals surface area contributed by atoms with E-state index in [1.165, 1.54) is 0 Å². The molecule has 20 nitrogen and oxygen atoms in total. The number of oxazole rings is 2. The van der Waals surface area contributed by atoms with Crippen molar-refractivity contribution in [3.63, 3.8) is 0 Å². The van der Waals surface area contributed by atoms with Crippen molar-refractivity contribution in [3.05, 3.63) is 129 Å². The van der Waals surface area contributed by atoms with E-state index in [0.717, 1.165) is 57.0 Å². The van der Waals surface area contributed by atoms with Crippen molar-refractivity contribution in [1.29, 1.82) is 0 Å². The minimum Gasteiger partial charge on any atom is -0.408 e. The topological polar surface area (TPSA) is 311 Å².